The minimum absolute atomic E-state index is 0.188. The summed E-state index contributed by atoms with van der Waals surface area (Å²) in [4.78, 5) is 0. The van der Waals surface area contributed by atoms with Crippen LogP contribution in [-0.4, -0.2) is 3.54 Å². The van der Waals surface area contributed by atoms with E-state index >= 15 is 0 Å². The van der Waals surface area contributed by atoms with Gasteiger partial charge in [-0.2, -0.15) is 0 Å². The lowest BCUT2D eigenvalue weighted by molar-refractivity contribution is 1.51. The normalized spacial score (nSPS) is 14.4. The lowest BCUT2D eigenvalue weighted by atomic mass is 10.7. The third-order valence-electron chi connectivity index (χ3n) is 0.400. The van der Waals surface area contributed by atoms with Crippen LogP contribution in [0.1, 0.15) is 0 Å². The van der Waals surface area contributed by atoms with Gasteiger partial charge in [-0.05, 0) is 0 Å². The molecular weight excluding hydrogens is 207 g/mol. The van der Waals surface area contributed by atoms with E-state index in [1.165, 1.54) is 0 Å². The van der Waals surface area contributed by atoms with E-state index in [2.05, 4.69) is 25.3 Å². The maximum Gasteiger partial charge on any atom is 0.166 e. The summed E-state index contributed by atoms with van der Waals surface area (Å²) in [7, 11) is 0. The van der Waals surface area contributed by atoms with Crippen molar-refractivity contribution in [2.24, 2.45) is 0 Å². The Morgan fingerprint density at radius 2 is 1.88 bits per heavy atom. The first-order valence-corrected chi connectivity index (χ1v) is 3.67. The van der Waals surface area contributed by atoms with E-state index in [-0.39, 0.29) is 5.03 Å². The van der Waals surface area contributed by atoms with Crippen LogP contribution >= 0.6 is 60.1 Å². The molecule has 0 amide bonds. The molecule has 0 aromatic heterocycles. The lowest BCUT2D eigenvalue weighted by Gasteiger charge is -2.09. The van der Waals surface area contributed by atoms with Crippen molar-refractivity contribution in [1.29, 1.82) is 0 Å². The molecule has 0 unspecified atom stereocenters. The molecule has 0 heterocycles. The van der Waals surface area contributed by atoms with Crippen molar-refractivity contribution in [3.8, 4) is 0 Å². The number of halogens is 3. The Kier molecular flexibility index (Phi) is 4.04. The highest BCUT2D eigenvalue weighted by Crippen LogP contribution is 2.36. The van der Waals surface area contributed by atoms with Crippen LogP contribution in [0.15, 0.2) is 10.6 Å². The first-order chi connectivity index (χ1) is 3.48. The van der Waals surface area contributed by atoms with Gasteiger partial charge in [-0.3, -0.25) is 0 Å². The smallest absolute Gasteiger partial charge is 0.140 e. The molecule has 48 valence electrons. The molecule has 0 aromatic carbocycles. The van der Waals surface area contributed by atoms with Gasteiger partial charge in [0.2, 0.25) is 0 Å². The quantitative estimate of drug-likeness (QED) is 0.370. The van der Waals surface area contributed by atoms with Gasteiger partial charge in [0.25, 0.3) is 0 Å². The average Bonchev–Trinajstić information content (AvgIpc) is 1.62. The van der Waals surface area contributed by atoms with Crippen molar-refractivity contribution in [1.82, 2.24) is 0 Å². The van der Waals surface area contributed by atoms with Crippen molar-refractivity contribution < 1.29 is 0 Å². The van der Waals surface area contributed by atoms with Crippen molar-refractivity contribution in [3.05, 3.63) is 10.6 Å². The van der Waals surface area contributed by atoms with Gasteiger partial charge in [0.05, 0.1) is 5.03 Å². The van der Waals surface area contributed by atoms with Gasteiger partial charge in [-0.15, -0.1) is 25.3 Å². The lowest BCUT2D eigenvalue weighted by Crippen LogP contribution is -2.00. The van der Waals surface area contributed by atoms with E-state index in [4.69, 9.17) is 34.8 Å². The van der Waals surface area contributed by atoms with E-state index < -0.39 is 3.54 Å². The van der Waals surface area contributed by atoms with E-state index in [0.29, 0.717) is 0 Å². The molecule has 0 aromatic rings. The molecule has 0 saturated carbocycles. The van der Waals surface area contributed by atoms with Crippen LogP contribution in [-0.2, 0) is 0 Å². The Balaban J connectivity index is 4.03. The molecule has 0 N–H and O–H groups in total. The highest BCUT2D eigenvalue weighted by molar-refractivity contribution is 8.03. The second-order valence-electron chi connectivity index (χ2n) is 1.04. The van der Waals surface area contributed by atoms with Gasteiger partial charge in [-0.1, -0.05) is 34.8 Å². The fourth-order valence-electron chi connectivity index (χ4n) is 0.0694. The Bertz CT molecular complexity index is 104. The molecule has 0 aliphatic carbocycles. The van der Waals surface area contributed by atoms with Crippen LogP contribution in [0.4, 0.5) is 0 Å². The third kappa shape index (κ3) is 3.36. The molecule has 0 saturated heterocycles. The molecule has 0 fully saturated rings. The topological polar surface area (TPSA) is 0 Å². The van der Waals surface area contributed by atoms with Crippen LogP contribution in [0.25, 0.3) is 0 Å². The molecular formula is C3H3Cl3S2. The molecule has 0 radical (unpaired) electrons. The minimum atomic E-state index is -1.14. The zero-order valence-electron chi connectivity index (χ0n) is 3.61. The molecule has 0 aliphatic rings. The summed E-state index contributed by atoms with van der Waals surface area (Å²) in [6.45, 7) is 0. The Morgan fingerprint density at radius 1 is 1.50 bits per heavy atom. The van der Waals surface area contributed by atoms with Gasteiger partial charge in [0.1, 0.15) is 0 Å². The zero-order chi connectivity index (χ0) is 6.78. The van der Waals surface area contributed by atoms with E-state index in [9.17, 15) is 0 Å². The number of hydrogen-bond acceptors (Lipinski definition) is 2. The number of rotatable bonds is 1. The first kappa shape index (κ1) is 9.31. The van der Waals surface area contributed by atoms with Crippen molar-refractivity contribution in [3.63, 3.8) is 0 Å². The Morgan fingerprint density at radius 3 is 1.88 bits per heavy atom. The SMILES string of the molecule is SC(S)(Cl)C(Cl)=CCl. The highest BCUT2D eigenvalue weighted by Gasteiger charge is 2.19. The first-order valence-electron chi connectivity index (χ1n) is 1.58. The van der Waals surface area contributed by atoms with E-state index in [0.717, 1.165) is 5.54 Å². The van der Waals surface area contributed by atoms with Crippen LogP contribution < -0.4 is 0 Å². The summed E-state index contributed by atoms with van der Waals surface area (Å²) in [5.41, 5.74) is 1.12. The second-order valence-corrected chi connectivity index (χ2v) is 4.46. The minimum Gasteiger partial charge on any atom is -0.140 e. The third-order valence-corrected chi connectivity index (χ3v) is 2.17. The number of alkyl halides is 1. The number of thiol groups is 2. The van der Waals surface area contributed by atoms with Crippen molar-refractivity contribution in [2.75, 3.05) is 0 Å². The van der Waals surface area contributed by atoms with Gasteiger partial charge < -0.3 is 0 Å². The monoisotopic (exact) mass is 208 g/mol. The van der Waals surface area contributed by atoms with Gasteiger partial charge in [0.15, 0.2) is 3.54 Å². The Hall–Kier alpha value is 1.31. The second kappa shape index (κ2) is 3.47. The summed E-state index contributed by atoms with van der Waals surface area (Å²) in [5.74, 6) is 0. The summed E-state index contributed by atoms with van der Waals surface area (Å²) in [6, 6.07) is 0. The summed E-state index contributed by atoms with van der Waals surface area (Å²) in [5, 5.41) is 0.188. The van der Waals surface area contributed by atoms with E-state index in [1.54, 1.807) is 0 Å². The van der Waals surface area contributed by atoms with Crippen molar-refractivity contribution in [2.45, 2.75) is 3.54 Å². The molecule has 0 bridgehead atoms. The van der Waals surface area contributed by atoms with Gasteiger partial charge >= 0.3 is 0 Å². The summed E-state index contributed by atoms with van der Waals surface area (Å²) >= 11 is 23.5. The largest absolute Gasteiger partial charge is 0.166 e. The standard InChI is InChI=1S/C3H3Cl3S2/c4-1-2(5)3(6,7)8/h1,7-8H. The predicted molar refractivity (Wildman–Crippen MR) is 46.3 cm³/mol. The molecule has 0 rings (SSSR count). The van der Waals surface area contributed by atoms with Crippen LogP contribution in [0.2, 0.25) is 0 Å². The predicted octanol–water partition coefficient (Wildman–Crippen LogP) is 3.06. The fourth-order valence-corrected chi connectivity index (χ4v) is 0.625. The van der Waals surface area contributed by atoms with Gasteiger partial charge in [0, 0.05) is 5.54 Å². The van der Waals surface area contributed by atoms with Gasteiger partial charge in [-0.25, -0.2) is 0 Å². The maximum atomic E-state index is 5.43. The van der Waals surface area contributed by atoms with Crippen LogP contribution in [0.3, 0.4) is 0 Å². The molecule has 5 heteroatoms. The van der Waals surface area contributed by atoms with Crippen LogP contribution in [0.5, 0.6) is 0 Å². The zero-order valence-corrected chi connectivity index (χ0v) is 7.66. The van der Waals surface area contributed by atoms with E-state index in [1.807, 2.05) is 0 Å². The molecule has 0 aliphatic heterocycles. The van der Waals surface area contributed by atoms with Crippen LogP contribution in [0, 0.1) is 0 Å². The number of hydrogen-bond donors (Lipinski definition) is 2. The molecule has 0 atom stereocenters. The molecule has 0 spiro atoms. The van der Waals surface area contributed by atoms with Crippen molar-refractivity contribution >= 4 is 60.1 Å². The molecule has 0 nitrogen and oxygen atoms in total. The molecule has 8 heavy (non-hydrogen) atoms. The average molecular weight is 210 g/mol. The summed E-state index contributed by atoms with van der Waals surface area (Å²) < 4.78 is -1.14. The summed E-state index contributed by atoms with van der Waals surface area (Å²) in [6.07, 6.45) is 0. The highest BCUT2D eigenvalue weighted by atomic mass is 35.5. The fraction of sp³-hybridized carbons (Fsp3) is 0.333. The maximum absolute atomic E-state index is 5.43. The Labute approximate surface area is 74.0 Å².